The summed E-state index contributed by atoms with van der Waals surface area (Å²) in [6.07, 6.45) is 1.82. The molecule has 2 aromatic rings. The number of carbonyl (C=O) groups is 2. The van der Waals surface area contributed by atoms with Crippen LogP contribution in [0, 0.1) is 6.92 Å². The van der Waals surface area contributed by atoms with E-state index in [1.165, 1.54) is 4.90 Å². The minimum absolute atomic E-state index is 0.188. The van der Waals surface area contributed by atoms with Crippen molar-refractivity contribution in [2.24, 2.45) is 0 Å². The first-order valence-corrected chi connectivity index (χ1v) is 13.3. The Hall–Kier alpha value is -3.07. The summed E-state index contributed by atoms with van der Waals surface area (Å²) in [6.45, 7) is 8.14. The molecular weight excluding hydrogens is 454 g/mol. The third-order valence-corrected chi connectivity index (χ3v) is 6.57. The Kier molecular flexibility index (Phi) is 9.92. The molecule has 2 aromatic carbocycles. The summed E-state index contributed by atoms with van der Waals surface area (Å²) in [4.78, 5) is 27.6. The Morgan fingerprint density at radius 1 is 1.06 bits per heavy atom. The first-order chi connectivity index (χ1) is 16.1. The summed E-state index contributed by atoms with van der Waals surface area (Å²) in [5.74, 6) is -0.147. The van der Waals surface area contributed by atoms with Crippen molar-refractivity contribution in [3.05, 3.63) is 59.7 Å². The maximum absolute atomic E-state index is 13.5. The number of nitrogens with zero attached hydrogens (tertiary/aromatic N) is 2. The lowest BCUT2D eigenvalue weighted by molar-refractivity contribution is -0.139. The molecule has 0 aliphatic rings. The van der Waals surface area contributed by atoms with Gasteiger partial charge in [0.25, 0.3) is 0 Å². The van der Waals surface area contributed by atoms with Gasteiger partial charge in [0.2, 0.25) is 21.8 Å². The molecule has 1 atom stereocenters. The molecule has 0 bridgehead atoms. The summed E-state index contributed by atoms with van der Waals surface area (Å²) in [5, 5.41) is 2.82. The minimum atomic E-state index is -3.77. The number of ether oxygens (including phenoxy) is 1. The van der Waals surface area contributed by atoms with E-state index >= 15 is 0 Å². The van der Waals surface area contributed by atoms with Crippen molar-refractivity contribution in [2.75, 3.05) is 30.3 Å². The molecular formula is C25H35N3O5S. The first-order valence-electron chi connectivity index (χ1n) is 11.4. The molecule has 0 spiro atoms. The average molecular weight is 490 g/mol. The van der Waals surface area contributed by atoms with Gasteiger partial charge in [0.1, 0.15) is 18.3 Å². The van der Waals surface area contributed by atoms with E-state index < -0.39 is 28.5 Å². The average Bonchev–Trinajstić information content (AvgIpc) is 2.80. The van der Waals surface area contributed by atoms with Crippen LogP contribution in [0.1, 0.15) is 38.3 Å². The van der Waals surface area contributed by atoms with Crippen LogP contribution in [-0.4, -0.2) is 57.1 Å². The molecule has 0 aliphatic heterocycles. The summed E-state index contributed by atoms with van der Waals surface area (Å²) in [6, 6.07) is 13.3. The van der Waals surface area contributed by atoms with Gasteiger partial charge in [-0.3, -0.25) is 13.9 Å². The monoisotopic (exact) mass is 489 g/mol. The van der Waals surface area contributed by atoms with Gasteiger partial charge in [-0.05, 0) is 62.6 Å². The van der Waals surface area contributed by atoms with Crippen LogP contribution < -0.4 is 14.4 Å². The highest BCUT2D eigenvalue weighted by molar-refractivity contribution is 7.92. The van der Waals surface area contributed by atoms with Crippen LogP contribution in [0.5, 0.6) is 5.75 Å². The zero-order valence-corrected chi connectivity index (χ0v) is 21.4. The van der Waals surface area contributed by atoms with E-state index in [0.29, 0.717) is 24.6 Å². The fourth-order valence-electron chi connectivity index (χ4n) is 3.44. The number of sulfonamides is 1. The quantitative estimate of drug-likeness (QED) is 0.494. The zero-order valence-electron chi connectivity index (χ0n) is 20.6. The molecule has 8 nitrogen and oxygen atoms in total. The van der Waals surface area contributed by atoms with Gasteiger partial charge in [0.15, 0.2) is 0 Å². The molecule has 9 heteroatoms. The van der Waals surface area contributed by atoms with Crippen LogP contribution in [0.25, 0.3) is 0 Å². The molecule has 0 radical (unpaired) electrons. The van der Waals surface area contributed by atoms with Crippen LogP contribution in [0.4, 0.5) is 5.69 Å². The van der Waals surface area contributed by atoms with E-state index in [1.54, 1.807) is 31.2 Å². The third-order valence-electron chi connectivity index (χ3n) is 5.43. The summed E-state index contributed by atoms with van der Waals surface area (Å²) in [5.41, 5.74) is 2.21. The van der Waals surface area contributed by atoms with Crippen LogP contribution in [0.2, 0.25) is 0 Å². The number of amides is 2. The third kappa shape index (κ3) is 7.48. The van der Waals surface area contributed by atoms with E-state index in [1.807, 2.05) is 45.0 Å². The fraction of sp³-hybridized carbons (Fsp3) is 0.440. The van der Waals surface area contributed by atoms with Crippen LogP contribution in [-0.2, 0) is 26.2 Å². The largest absolute Gasteiger partial charge is 0.494 e. The van der Waals surface area contributed by atoms with Gasteiger partial charge in [-0.15, -0.1) is 0 Å². The van der Waals surface area contributed by atoms with Gasteiger partial charge < -0.3 is 15.0 Å². The molecule has 0 saturated carbocycles. The van der Waals surface area contributed by atoms with Crippen molar-refractivity contribution < 1.29 is 22.7 Å². The van der Waals surface area contributed by atoms with Gasteiger partial charge in [0, 0.05) is 13.1 Å². The van der Waals surface area contributed by atoms with Crippen LogP contribution in [0.3, 0.4) is 0 Å². The van der Waals surface area contributed by atoms with Gasteiger partial charge in [-0.1, -0.05) is 31.2 Å². The smallest absolute Gasteiger partial charge is 0.244 e. The first kappa shape index (κ1) is 27.2. The van der Waals surface area contributed by atoms with Gasteiger partial charge in [-0.25, -0.2) is 8.42 Å². The fourth-order valence-corrected chi connectivity index (χ4v) is 4.29. The van der Waals surface area contributed by atoms with E-state index in [-0.39, 0.29) is 12.5 Å². The maximum Gasteiger partial charge on any atom is 0.244 e. The van der Waals surface area contributed by atoms with Gasteiger partial charge in [0.05, 0.1) is 18.6 Å². The zero-order chi connectivity index (χ0) is 25.3. The molecule has 1 N–H and O–H groups in total. The molecule has 0 unspecified atom stereocenters. The molecule has 2 amide bonds. The van der Waals surface area contributed by atoms with Crippen molar-refractivity contribution in [1.29, 1.82) is 0 Å². The predicted molar refractivity (Wildman–Crippen MR) is 134 cm³/mol. The molecule has 0 fully saturated rings. The van der Waals surface area contributed by atoms with Crippen molar-refractivity contribution >= 4 is 27.5 Å². The highest BCUT2D eigenvalue weighted by atomic mass is 32.2. The lowest BCUT2D eigenvalue weighted by atomic mass is 10.1. The second-order valence-corrected chi connectivity index (χ2v) is 10.0. The number of rotatable bonds is 12. The summed E-state index contributed by atoms with van der Waals surface area (Å²) < 4.78 is 31.7. The standard InChI is InChI=1S/C25H35N3O5S/c1-6-16-26-25(30)20(4)27(17-21-11-9-8-10-19(21)3)24(29)18-28(34(5,31)32)22-12-14-23(15-13-22)33-7-2/h8-15,20H,6-7,16-18H2,1-5H3,(H,26,30)/t20-/m0/s1. The lowest BCUT2D eigenvalue weighted by Crippen LogP contribution is -2.51. The number of carbonyl (C=O) groups excluding carboxylic acids is 2. The number of hydrogen-bond donors (Lipinski definition) is 1. The maximum atomic E-state index is 13.5. The Morgan fingerprint density at radius 2 is 1.71 bits per heavy atom. The van der Waals surface area contributed by atoms with E-state index in [4.69, 9.17) is 4.74 Å². The Balaban J connectivity index is 2.36. The molecule has 34 heavy (non-hydrogen) atoms. The number of nitrogens with one attached hydrogen (secondary N) is 1. The van der Waals surface area contributed by atoms with Gasteiger partial charge >= 0.3 is 0 Å². The van der Waals surface area contributed by atoms with E-state index in [9.17, 15) is 18.0 Å². The molecule has 0 heterocycles. The summed E-state index contributed by atoms with van der Waals surface area (Å²) in [7, 11) is -3.77. The van der Waals surface area contributed by atoms with E-state index in [0.717, 1.165) is 28.1 Å². The number of aryl methyl sites for hydroxylation is 1. The van der Waals surface area contributed by atoms with Crippen molar-refractivity contribution in [2.45, 2.75) is 46.7 Å². The second kappa shape index (κ2) is 12.4. The van der Waals surface area contributed by atoms with E-state index in [2.05, 4.69) is 5.32 Å². The van der Waals surface area contributed by atoms with Crippen LogP contribution in [0.15, 0.2) is 48.5 Å². The molecule has 186 valence electrons. The van der Waals surface area contributed by atoms with Crippen molar-refractivity contribution in [1.82, 2.24) is 10.2 Å². The number of hydrogen-bond acceptors (Lipinski definition) is 5. The molecule has 0 saturated heterocycles. The predicted octanol–water partition coefficient (Wildman–Crippen LogP) is 3.10. The number of benzene rings is 2. The van der Waals surface area contributed by atoms with Crippen molar-refractivity contribution in [3.8, 4) is 5.75 Å². The Morgan fingerprint density at radius 3 is 2.26 bits per heavy atom. The van der Waals surface area contributed by atoms with Crippen LogP contribution >= 0.6 is 0 Å². The molecule has 0 aromatic heterocycles. The lowest BCUT2D eigenvalue weighted by Gasteiger charge is -2.32. The molecule has 0 aliphatic carbocycles. The Labute approximate surface area is 202 Å². The number of anilines is 1. The van der Waals surface area contributed by atoms with Crippen molar-refractivity contribution in [3.63, 3.8) is 0 Å². The SMILES string of the molecule is CCCNC(=O)[C@H](C)N(Cc1ccccc1C)C(=O)CN(c1ccc(OCC)cc1)S(C)(=O)=O. The highest BCUT2D eigenvalue weighted by Gasteiger charge is 2.30. The summed E-state index contributed by atoms with van der Waals surface area (Å²) >= 11 is 0. The topological polar surface area (TPSA) is 96.0 Å². The second-order valence-electron chi connectivity index (χ2n) is 8.11. The highest BCUT2D eigenvalue weighted by Crippen LogP contribution is 2.23. The Bertz CT molecular complexity index is 1070. The molecule has 2 rings (SSSR count). The minimum Gasteiger partial charge on any atom is -0.494 e. The normalized spacial score (nSPS) is 12.0. The van der Waals surface area contributed by atoms with Gasteiger partial charge in [-0.2, -0.15) is 0 Å².